The summed E-state index contributed by atoms with van der Waals surface area (Å²) in [5, 5.41) is 6.11. The van der Waals surface area contributed by atoms with Crippen molar-refractivity contribution >= 4 is 41.1 Å². The summed E-state index contributed by atoms with van der Waals surface area (Å²) in [7, 11) is 0. The normalized spacial score (nSPS) is 30.8. The van der Waals surface area contributed by atoms with Gasteiger partial charge in [-0.05, 0) is 56.3 Å². The van der Waals surface area contributed by atoms with Crippen LogP contribution in [0.1, 0.15) is 67.2 Å². The van der Waals surface area contributed by atoms with Crippen LogP contribution in [0.25, 0.3) is 0 Å². The minimum atomic E-state index is -2.45. The van der Waals surface area contributed by atoms with E-state index < -0.39 is 58.5 Å². The van der Waals surface area contributed by atoms with Crippen LogP contribution in [0.15, 0.2) is 0 Å². The van der Waals surface area contributed by atoms with Crippen molar-refractivity contribution in [2.24, 2.45) is 29.1 Å². The van der Waals surface area contributed by atoms with Crippen molar-refractivity contribution in [2.45, 2.75) is 96.1 Å². The maximum absolute atomic E-state index is 14.5. The summed E-state index contributed by atoms with van der Waals surface area (Å²) in [5.41, 5.74) is -2.78. The van der Waals surface area contributed by atoms with Crippen molar-refractivity contribution < 1.29 is 32.8 Å². The lowest BCUT2D eigenvalue weighted by Crippen LogP contribution is -2.61. The van der Waals surface area contributed by atoms with Gasteiger partial charge in [0.05, 0.1) is 12.5 Å². The molecule has 0 radical (unpaired) electrons. The fourth-order valence-electron chi connectivity index (χ4n) is 6.35. The Balaban J connectivity index is 1.56. The van der Waals surface area contributed by atoms with Gasteiger partial charge in [0.15, 0.2) is 5.67 Å². The second-order valence-corrected chi connectivity index (χ2v) is 13.6. The van der Waals surface area contributed by atoms with Gasteiger partial charge in [-0.25, -0.2) is 13.8 Å². The summed E-state index contributed by atoms with van der Waals surface area (Å²) < 4.78 is 28.4. The molecular formula is C27H40ClF2N5O5. The predicted octanol–water partition coefficient (Wildman–Crippen LogP) is 1.81. The molecule has 2 heterocycles. The first kappa shape index (κ1) is 30.5. The fraction of sp³-hybridized carbons (Fsp3) is 0.815. The SMILES string of the molecule is CC[C@H](C)[C@H](NC(=O)C1(F)CC1)C(=O)N1C[C@H]2[C@@H]([C@H]1C(=O)NN(C[C@H]1CC(C)(C)NC1=O)C(=O)[C@@H](F)Cl)C2(C)C. The molecule has 40 heavy (non-hydrogen) atoms. The van der Waals surface area contributed by atoms with Gasteiger partial charge < -0.3 is 15.5 Å². The van der Waals surface area contributed by atoms with E-state index >= 15 is 0 Å². The van der Waals surface area contributed by atoms with E-state index in [4.69, 9.17) is 11.6 Å². The summed E-state index contributed by atoms with van der Waals surface area (Å²) in [6.07, 6.45) is 1.07. The highest BCUT2D eigenvalue weighted by Gasteiger charge is 2.70. The zero-order valence-corrected chi connectivity index (χ0v) is 24.6. The van der Waals surface area contributed by atoms with Crippen LogP contribution in [0.4, 0.5) is 8.78 Å². The molecule has 7 atom stereocenters. The Morgan fingerprint density at radius 2 is 1.82 bits per heavy atom. The van der Waals surface area contributed by atoms with E-state index in [-0.39, 0.29) is 55.0 Å². The van der Waals surface area contributed by atoms with Crippen molar-refractivity contribution in [1.82, 2.24) is 26.0 Å². The molecule has 0 spiro atoms. The number of amides is 5. The third-order valence-corrected chi connectivity index (χ3v) is 9.50. The second-order valence-electron chi connectivity index (χ2n) is 13.2. The van der Waals surface area contributed by atoms with Crippen LogP contribution >= 0.6 is 11.6 Å². The molecule has 4 rings (SSSR count). The van der Waals surface area contributed by atoms with Crippen LogP contribution in [0.3, 0.4) is 0 Å². The van der Waals surface area contributed by atoms with Gasteiger partial charge in [0.2, 0.25) is 11.8 Å². The van der Waals surface area contributed by atoms with Gasteiger partial charge in [-0.3, -0.25) is 29.4 Å². The number of nitrogens with zero attached hydrogens (tertiary/aromatic N) is 2. The lowest BCUT2D eigenvalue weighted by Gasteiger charge is -2.36. The molecule has 0 unspecified atom stereocenters. The molecule has 2 aliphatic carbocycles. The van der Waals surface area contributed by atoms with E-state index in [0.717, 1.165) is 5.01 Å². The summed E-state index contributed by atoms with van der Waals surface area (Å²) >= 11 is 5.44. The average molecular weight is 588 g/mol. The standard InChI is InChI=1S/C27H40ClF2N5O5/c1-7-13(2)17(31-24(40)27(30)8-9-27)22(38)34-12-15-16(26(15,5)6)18(34)21(37)33-35(23(39)19(28)29)11-14-10-25(3,4)32-20(14)36/h13-19H,7-12H2,1-6H3,(H,31,40)(H,32,36)(H,33,37)/t13-,14+,15-,16-,17-,18-,19+/m0/s1. The molecule has 0 aromatic carbocycles. The lowest BCUT2D eigenvalue weighted by molar-refractivity contribution is -0.151. The quantitative estimate of drug-likeness (QED) is 0.280. The number of carbonyl (C=O) groups excluding carboxylic acids is 5. The average Bonchev–Trinajstić information content (AvgIpc) is 3.60. The Labute approximate surface area is 238 Å². The topological polar surface area (TPSA) is 128 Å². The van der Waals surface area contributed by atoms with Crippen molar-refractivity contribution in [3.05, 3.63) is 0 Å². The van der Waals surface area contributed by atoms with Crippen LogP contribution in [0.2, 0.25) is 0 Å². The summed E-state index contributed by atoms with van der Waals surface area (Å²) in [5.74, 6) is -4.91. The number of nitrogens with one attached hydrogen (secondary N) is 3. The molecule has 10 nitrogen and oxygen atoms in total. The predicted molar refractivity (Wildman–Crippen MR) is 142 cm³/mol. The number of hydrogen-bond acceptors (Lipinski definition) is 5. The van der Waals surface area contributed by atoms with E-state index in [0.29, 0.717) is 12.8 Å². The monoisotopic (exact) mass is 587 g/mol. The highest BCUT2D eigenvalue weighted by Crippen LogP contribution is 2.65. The summed E-state index contributed by atoms with van der Waals surface area (Å²) in [4.78, 5) is 66.6. The number of alkyl halides is 3. The molecule has 4 fully saturated rings. The molecule has 224 valence electrons. The molecular weight excluding hydrogens is 548 g/mol. The summed E-state index contributed by atoms with van der Waals surface area (Å²) in [6, 6.07) is -2.06. The Morgan fingerprint density at radius 1 is 1.20 bits per heavy atom. The number of fused-ring (bicyclic) bond motifs is 1. The Hall–Kier alpha value is -2.50. The van der Waals surface area contributed by atoms with Crippen molar-refractivity contribution in [1.29, 1.82) is 0 Å². The van der Waals surface area contributed by atoms with E-state index in [2.05, 4.69) is 16.1 Å². The van der Waals surface area contributed by atoms with Gasteiger partial charge in [-0.2, -0.15) is 0 Å². The van der Waals surface area contributed by atoms with Gasteiger partial charge in [-0.15, -0.1) is 0 Å². The molecule has 0 aromatic rings. The number of halogens is 3. The van der Waals surface area contributed by atoms with Crippen LogP contribution < -0.4 is 16.1 Å². The van der Waals surface area contributed by atoms with E-state index in [1.54, 1.807) is 6.92 Å². The van der Waals surface area contributed by atoms with Gasteiger partial charge in [0.25, 0.3) is 23.4 Å². The third kappa shape index (κ3) is 5.65. The minimum Gasteiger partial charge on any atom is -0.351 e. The van der Waals surface area contributed by atoms with E-state index in [1.165, 1.54) is 4.90 Å². The maximum Gasteiger partial charge on any atom is 0.291 e. The molecule has 2 aliphatic heterocycles. The number of hydrazine groups is 1. The van der Waals surface area contributed by atoms with Gasteiger partial charge in [0, 0.05) is 12.1 Å². The van der Waals surface area contributed by atoms with Crippen molar-refractivity contribution in [3.63, 3.8) is 0 Å². The Bertz CT molecular complexity index is 1100. The highest BCUT2D eigenvalue weighted by molar-refractivity contribution is 6.29. The molecule has 4 aliphatic rings. The fourth-order valence-corrected chi connectivity index (χ4v) is 6.47. The van der Waals surface area contributed by atoms with Crippen LogP contribution in [-0.2, 0) is 24.0 Å². The first-order valence-corrected chi connectivity index (χ1v) is 14.4. The second kappa shape index (κ2) is 10.4. The number of rotatable bonds is 9. The smallest absolute Gasteiger partial charge is 0.291 e. The van der Waals surface area contributed by atoms with E-state index in [1.807, 2.05) is 34.6 Å². The lowest BCUT2D eigenvalue weighted by atomic mass is 9.95. The molecule has 0 bridgehead atoms. The van der Waals surface area contributed by atoms with Crippen LogP contribution in [0.5, 0.6) is 0 Å². The zero-order valence-electron chi connectivity index (χ0n) is 23.9. The van der Waals surface area contributed by atoms with Gasteiger partial charge in [-0.1, -0.05) is 45.7 Å². The van der Waals surface area contributed by atoms with Gasteiger partial charge >= 0.3 is 0 Å². The molecule has 0 aromatic heterocycles. The first-order valence-electron chi connectivity index (χ1n) is 14.0. The minimum absolute atomic E-state index is 0.0102. The Morgan fingerprint density at radius 3 is 2.33 bits per heavy atom. The van der Waals surface area contributed by atoms with Crippen molar-refractivity contribution in [2.75, 3.05) is 13.1 Å². The Kier molecular flexibility index (Phi) is 7.92. The van der Waals surface area contributed by atoms with E-state index in [9.17, 15) is 32.8 Å². The molecule has 2 saturated carbocycles. The largest absolute Gasteiger partial charge is 0.351 e. The number of likely N-dealkylation sites (tertiary alicyclic amines) is 1. The highest BCUT2D eigenvalue weighted by atomic mass is 35.5. The number of piperidine rings is 1. The molecule has 3 N–H and O–H groups in total. The molecule has 5 amide bonds. The van der Waals surface area contributed by atoms with Crippen LogP contribution in [0, 0.1) is 29.1 Å². The molecule has 13 heteroatoms. The zero-order chi connectivity index (χ0) is 29.9. The maximum atomic E-state index is 14.5. The first-order chi connectivity index (χ1) is 18.4. The van der Waals surface area contributed by atoms with Gasteiger partial charge in [0.1, 0.15) is 12.1 Å². The van der Waals surface area contributed by atoms with Crippen LogP contribution in [-0.4, -0.2) is 81.5 Å². The number of carbonyl (C=O) groups is 5. The number of hydrogen-bond donors (Lipinski definition) is 3. The molecule has 2 saturated heterocycles. The van der Waals surface area contributed by atoms with Crippen molar-refractivity contribution in [3.8, 4) is 0 Å². The third-order valence-electron chi connectivity index (χ3n) is 9.31. The summed E-state index contributed by atoms with van der Waals surface area (Å²) in [6.45, 7) is 11.1.